The van der Waals surface area contributed by atoms with E-state index in [4.69, 9.17) is 0 Å². The number of carbonyl (C=O) groups is 1. The lowest BCUT2D eigenvalue weighted by Crippen LogP contribution is -2.31. The van der Waals surface area contributed by atoms with Crippen LogP contribution in [0.2, 0.25) is 0 Å². The Morgan fingerprint density at radius 2 is 1.39 bits per heavy atom. The van der Waals surface area contributed by atoms with Gasteiger partial charge in [0.1, 0.15) is 5.70 Å². The Bertz CT molecular complexity index is 716. The highest BCUT2D eigenvalue weighted by Crippen LogP contribution is 2.20. The predicted molar refractivity (Wildman–Crippen MR) is 96.3 cm³/mol. The molecule has 23 heavy (non-hydrogen) atoms. The minimum absolute atomic E-state index is 0.0802. The molecule has 0 unspecified atom stereocenters. The van der Waals surface area contributed by atoms with Crippen LogP contribution in [0.1, 0.15) is 18.1 Å². The summed E-state index contributed by atoms with van der Waals surface area (Å²) in [5, 5.41) is 3.21. The van der Waals surface area contributed by atoms with Crippen molar-refractivity contribution in [3.63, 3.8) is 0 Å². The molecule has 0 bridgehead atoms. The molecule has 0 heterocycles. The molecule has 0 fully saturated rings. The third kappa shape index (κ3) is 4.10. The van der Waals surface area contributed by atoms with Gasteiger partial charge in [0.05, 0.1) is 0 Å². The summed E-state index contributed by atoms with van der Waals surface area (Å²) in [5.41, 5.74) is 4.09. The van der Waals surface area contributed by atoms with E-state index >= 15 is 0 Å². The summed E-state index contributed by atoms with van der Waals surface area (Å²) in [6.45, 7) is 6.01. The molecule has 3 heteroatoms. The second kappa shape index (κ2) is 7.45. The van der Waals surface area contributed by atoms with Crippen molar-refractivity contribution in [3.05, 3.63) is 84.1 Å². The fourth-order valence-electron chi connectivity index (χ4n) is 2.23. The van der Waals surface area contributed by atoms with Gasteiger partial charge in [0.15, 0.2) is 0 Å². The predicted octanol–water partition coefficient (Wildman–Crippen LogP) is 3.77. The number of nitrogens with one attached hydrogen (secondary N) is 1. The third-order valence-corrected chi connectivity index (χ3v) is 3.60. The molecular weight excluding hydrogens is 284 g/mol. The van der Waals surface area contributed by atoms with Gasteiger partial charge in [0.2, 0.25) is 0 Å². The number of allylic oxidation sites excluding steroid dienone is 1. The first kappa shape index (κ1) is 16.6. The number of rotatable bonds is 5. The average molecular weight is 306 g/mol. The van der Waals surface area contributed by atoms with Gasteiger partial charge in [-0.1, -0.05) is 67.2 Å². The van der Waals surface area contributed by atoms with E-state index in [1.165, 1.54) is 0 Å². The lowest BCUT2D eigenvalue weighted by molar-refractivity contribution is -0.124. The first-order valence-electron chi connectivity index (χ1n) is 7.50. The van der Waals surface area contributed by atoms with Crippen molar-refractivity contribution < 1.29 is 4.79 Å². The molecule has 0 aromatic heterocycles. The number of carbonyl (C=O) groups excluding carboxylic acids is 1. The number of likely N-dealkylation sites (N-methyl/N-ethyl adjacent to an activating group) is 1. The van der Waals surface area contributed by atoms with Crippen molar-refractivity contribution in [2.75, 3.05) is 14.1 Å². The van der Waals surface area contributed by atoms with Gasteiger partial charge >= 0.3 is 0 Å². The SMILES string of the molecule is C=C(N/C(C(=O)N(C)C)=C(/C)c1ccccc1)c1ccccc1. The van der Waals surface area contributed by atoms with Crippen LogP contribution >= 0.6 is 0 Å². The Morgan fingerprint density at radius 3 is 1.87 bits per heavy atom. The Morgan fingerprint density at radius 1 is 0.913 bits per heavy atom. The maximum atomic E-state index is 12.6. The smallest absolute Gasteiger partial charge is 0.270 e. The second-order valence-corrected chi connectivity index (χ2v) is 5.54. The highest BCUT2D eigenvalue weighted by atomic mass is 16.2. The van der Waals surface area contributed by atoms with Crippen LogP contribution in [0.5, 0.6) is 0 Å². The number of hydrogen-bond donors (Lipinski definition) is 1. The standard InChI is InChI=1S/C20H22N2O/c1-15(17-11-7-5-8-12-17)19(20(23)22(3)4)21-16(2)18-13-9-6-10-14-18/h5-14,21H,2H2,1,3-4H3/b19-15-. The third-order valence-electron chi connectivity index (χ3n) is 3.60. The molecular formula is C20H22N2O. The monoisotopic (exact) mass is 306 g/mol. The molecule has 0 radical (unpaired) electrons. The summed E-state index contributed by atoms with van der Waals surface area (Å²) in [6.07, 6.45) is 0. The summed E-state index contributed by atoms with van der Waals surface area (Å²) in [7, 11) is 3.49. The zero-order valence-electron chi connectivity index (χ0n) is 13.8. The molecule has 118 valence electrons. The summed E-state index contributed by atoms with van der Waals surface area (Å²) in [4.78, 5) is 14.2. The topological polar surface area (TPSA) is 32.3 Å². The quantitative estimate of drug-likeness (QED) is 0.853. The molecule has 1 N–H and O–H groups in total. The Hall–Kier alpha value is -2.81. The number of benzene rings is 2. The number of hydrogen-bond acceptors (Lipinski definition) is 2. The van der Waals surface area contributed by atoms with E-state index in [0.29, 0.717) is 11.4 Å². The van der Waals surface area contributed by atoms with E-state index in [-0.39, 0.29) is 5.91 Å². The molecule has 1 amide bonds. The molecule has 2 rings (SSSR count). The maximum absolute atomic E-state index is 12.6. The van der Waals surface area contributed by atoms with Crippen molar-refractivity contribution in [3.8, 4) is 0 Å². The van der Waals surface area contributed by atoms with Gasteiger partial charge < -0.3 is 10.2 Å². The van der Waals surface area contributed by atoms with Gasteiger partial charge in [0.25, 0.3) is 5.91 Å². The molecule has 0 saturated heterocycles. The van der Waals surface area contributed by atoms with Crippen LogP contribution in [0.25, 0.3) is 11.3 Å². The van der Waals surface area contributed by atoms with E-state index in [0.717, 1.165) is 16.7 Å². The lowest BCUT2D eigenvalue weighted by Gasteiger charge is -2.19. The highest BCUT2D eigenvalue weighted by molar-refractivity contribution is 6.01. The van der Waals surface area contributed by atoms with E-state index in [9.17, 15) is 4.79 Å². The van der Waals surface area contributed by atoms with Gasteiger partial charge in [0, 0.05) is 19.8 Å². The van der Waals surface area contributed by atoms with Crippen LogP contribution < -0.4 is 5.32 Å². The van der Waals surface area contributed by atoms with Crippen molar-refractivity contribution >= 4 is 17.2 Å². The molecule has 0 aliphatic heterocycles. The van der Waals surface area contributed by atoms with Crippen LogP contribution in [0.3, 0.4) is 0 Å². The molecule has 0 aliphatic carbocycles. The average Bonchev–Trinajstić information content (AvgIpc) is 2.59. The van der Waals surface area contributed by atoms with E-state index in [1.54, 1.807) is 19.0 Å². The Labute approximate surface area is 138 Å². The number of amides is 1. The fourth-order valence-corrected chi connectivity index (χ4v) is 2.23. The highest BCUT2D eigenvalue weighted by Gasteiger charge is 2.17. The minimum Gasteiger partial charge on any atom is -0.351 e. The summed E-state index contributed by atoms with van der Waals surface area (Å²) >= 11 is 0. The zero-order chi connectivity index (χ0) is 16.8. The van der Waals surface area contributed by atoms with Gasteiger partial charge in [-0.2, -0.15) is 0 Å². The minimum atomic E-state index is -0.0802. The first-order valence-corrected chi connectivity index (χ1v) is 7.50. The van der Waals surface area contributed by atoms with Gasteiger partial charge in [-0.25, -0.2) is 0 Å². The summed E-state index contributed by atoms with van der Waals surface area (Å²) in [5.74, 6) is -0.0802. The lowest BCUT2D eigenvalue weighted by atomic mass is 10.0. The van der Waals surface area contributed by atoms with Crippen LogP contribution in [-0.4, -0.2) is 24.9 Å². The molecule has 3 nitrogen and oxygen atoms in total. The fraction of sp³-hybridized carbons (Fsp3) is 0.150. The summed E-state index contributed by atoms with van der Waals surface area (Å²) < 4.78 is 0. The van der Waals surface area contributed by atoms with E-state index in [1.807, 2.05) is 67.6 Å². The van der Waals surface area contributed by atoms with Crippen LogP contribution in [0, 0.1) is 0 Å². The molecule has 0 atom stereocenters. The normalized spacial score (nSPS) is 11.4. The van der Waals surface area contributed by atoms with Crippen LogP contribution in [0.15, 0.2) is 72.9 Å². The zero-order valence-corrected chi connectivity index (χ0v) is 13.8. The Kier molecular flexibility index (Phi) is 5.36. The molecule has 0 spiro atoms. The molecule has 0 aliphatic rings. The van der Waals surface area contributed by atoms with Gasteiger partial charge in [-0.3, -0.25) is 4.79 Å². The second-order valence-electron chi connectivity index (χ2n) is 5.54. The van der Waals surface area contributed by atoms with Crippen molar-refractivity contribution in [1.29, 1.82) is 0 Å². The molecule has 2 aromatic carbocycles. The van der Waals surface area contributed by atoms with Crippen molar-refractivity contribution in [2.45, 2.75) is 6.92 Å². The maximum Gasteiger partial charge on any atom is 0.270 e. The van der Waals surface area contributed by atoms with Crippen molar-refractivity contribution in [2.24, 2.45) is 0 Å². The van der Waals surface area contributed by atoms with Gasteiger partial charge in [-0.05, 0) is 23.6 Å². The van der Waals surface area contributed by atoms with Crippen molar-refractivity contribution in [1.82, 2.24) is 10.2 Å². The van der Waals surface area contributed by atoms with Gasteiger partial charge in [-0.15, -0.1) is 0 Å². The first-order chi connectivity index (χ1) is 11.0. The van der Waals surface area contributed by atoms with E-state index in [2.05, 4.69) is 11.9 Å². The largest absolute Gasteiger partial charge is 0.351 e. The van der Waals surface area contributed by atoms with E-state index < -0.39 is 0 Å². The Balaban J connectivity index is 2.40. The van der Waals surface area contributed by atoms with Crippen LogP contribution in [0.4, 0.5) is 0 Å². The summed E-state index contributed by atoms with van der Waals surface area (Å²) in [6, 6.07) is 19.6. The number of nitrogens with zero attached hydrogens (tertiary/aromatic N) is 1. The van der Waals surface area contributed by atoms with Crippen LogP contribution in [-0.2, 0) is 4.79 Å². The molecule has 0 saturated carbocycles. The molecule has 2 aromatic rings.